The van der Waals surface area contributed by atoms with E-state index in [4.69, 9.17) is 5.73 Å². The molecule has 0 spiro atoms. The Bertz CT molecular complexity index is 425. The molecule has 2 aromatic rings. The van der Waals surface area contributed by atoms with Gasteiger partial charge in [-0.25, -0.2) is 0 Å². The van der Waals surface area contributed by atoms with Crippen LogP contribution >= 0.6 is 11.3 Å². The van der Waals surface area contributed by atoms with Crippen LogP contribution in [0.25, 0.3) is 0 Å². The van der Waals surface area contributed by atoms with Crippen molar-refractivity contribution in [1.29, 1.82) is 0 Å². The van der Waals surface area contributed by atoms with Gasteiger partial charge in [-0.05, 0) is 24.1 Å². The Morgan fingerprint density at radius 2 is 2.27 bits per heavy atom. The van der Waals surface area contributed by atoms with Crippen LogP contribution < -0.4 is 5.73 Å². The molecule has 3 nitrogen and oxygen atoms in total. The number of hydrogen-bond acceptors (Lipinski definition) is 4. The Morgan fingerprint density at radius 1 is 1.40 bits per heavy atom. The molecule has 0 bridgehead atoms. The van der Waals surface area contributed by atoms with Gasteiger partial charge in [0, 0.05) is 35.9 Å². The van der Waals surface area contributed by atoms with E-state index in [0.29, 0.717) is 0 Å². The lowest BCUT2D eigenvalue weighted by Crippen LogP contribution is -2.14. The molecule has 0 aliphatic carbocycles. The first-order chi connectivity index (χ1) is 7.27. The van der Waals surface area contributed by atoms with Gasteiger partial charge in [0.2, 0.25) is 0 Å². The van der Waals surface area contributed by atoms with Crippen LogP contribution in [0.4, 0.5) is 0 Å². The van der Waals surface area contributed by atoms with Gasteiger partial charge in [-0.2, -0.15) is 0 Å². The molecule has 0 fully saturated rings. The van der Waals surface area contributed by atoms with Crippen LogP contribution in [0.3, 0.4) is 0 Å². The van der Waals surface area contributed by atoms with E-state index >= 15 is 0 Å². The van der Waals surface area contributed by atoms with Gasteiger partial charge in [-0.15, -0.1) is 11.3 Å². The molecule has 2 aromatic heterocycles. The molecule has 0 aliphatic rings. The average molecular weight is 219 g/mol. The first-order valence-electron chi connectivity index (χ1n) is 4.81. The quantitative estimate of drug-likeness (QED) is 0.860. The highest BCUT2D eigenvalue weighted by Crippen LogP contribution is 2.20. The van der Waals surface area contributed by atoms with E-state index < -0.39 is 0 Å². The zero-order valence-corrected chi connectivity index (χ0v) is 9.37. The van der Waals surface area contributed by atoms with Gasteiger partial charge in [0.15, 0.2) is 0 Å². The molecule has 0 amide bonds. The molecule has 0 saturated heterocycles. The molecule has 0 aliphatic heterocycles. The molecule has 1 unspecified atom stereocenters. The van der Waals surface area contributed by atoms with Gasteiger partial charge < -0.3 is 5.73 Å². The Morgan fingerprint density at radius 3 is 2.93 bits per heavy atom. The monoisotopic (exact) mass is 219 g/mol. The summed E-state index contributed by atoms with van der Waals surface area (Å²) in [7, 11) is 0. The zero-order chi connectivity index (χ0) is 10.7. The van der Waals surface area contributed by atoms with E-state index in [9.17, 15) is 0 Å². The summed E-state index contributed by atoms with van der Waals surface area (Å²) in [4.78, 5) is 9.32. The topological polar surface area (TPSA) is 51.8 Å². The maximum atomic E-state index is 6.14. The van der Waals surface area contributed by atoms with E-state index in [2.05, 4.69) is 9.97 Å². The SMILES string of the molecule is Cc1cnccc1C(N)Cc1cncs1. The zero-order valence-electron chi connectivity index (χ0n) is 8.55. The predicted octanol–water partition coefficient (Wildman–Crippen LogP) is 2.09. The number of nitrogens with zero attached hydrogens (tertiary/aromatic N) is 2. The van der Waals surface area contributed by atoms with Crippen LogP contribution in [-0.4, -0.2) is 9.97 Å². The summed E-state index contributed by atoms with van der Waals surface area (Å²) in [6.45, 7) is 2.04. The minimum absolute atomic E-state index is 0.0356. The first-order valence-corrected chi connectivity index (χ1v) is 5.69. The molecular weight excluding hydrogens is 206 g/mol. The summed E-state index contributed by atoms with van der Waals surface area (Å²) in [5.41, 5.74) is 10.3. The molecule has 0 aromatic carbocycles. The van der Waals surface area contributed by atoms with Crippen molar-refractivity contribution in [3.05, 3.63) is 46.2 Å². The van der Waals surface area contributed by atoms with Gasteiger partial charge in [0.1, 0.15) is 0 Å². The third kappa shape index (κ3) is 2.40. The van der Waals surface area contributed by atoms with Crippen molar-refractivity contribution in [2.24, 2.45) is 5.73 Å². The summed E-state index contributed by atoms with van der Waals surface area (Å²) in [5.74, 6) is 0. The molecule has 0 saturated carbocycles. The molecular formula is C11H13N3S. The second-order valence-electron chi connectivity index (χ2n) is 3.51. The molecule has 0 radical (unpaired) electrons. The van der Waals surface area contributed by atoms with Gasteiger partial charge in [0.25, 0.3) is 0 Å². The molecule has 2 rings (SSSR count). The van der Waals surface area contributed by atoms with Crippen molar-refractivity contribution in [1.82, 2.24) is 9.97 Å². The molecule has 2 N–H and O–H groups in total. The second kappa shape index (κ2) is 4.51. The van der Waals surface area contributed by atoms with Crippen LogP contribution in [0.5, 0.6) is 0 Å². The predicted molar refractivity (Wildman–Crippen MR) is 61.7 cm³/mol. The lowest BCUT2D eigenvalue weighted by Gasteiger charge is -2.12. The molecule has 15 heavy (non-hydrogen) atoms. The number of rotatable bonds is 3. The minimum Gasteiger partial charge on any atom is -0.324 e. The van der Waals surface area contributed by atoms with Crippen molar-refractivity contribution in [2.45, 2.75) is 19.4 Å². The maximum absolute atomic E-state index is 6.14. The van der Waals surface area contributed by atoms with E-state index in [1.54, 1.807) is 17.5 Å². The Hall–Kier alpha value is -1.26. The minimum atomic E-state index is 0.0356. The summed E-state index contributed by atoms with van der Waals surface area (Å²) < 4.78 is 0. The summed E-state index contributed by atoms with van der Waals surface area (Å²) in [5, 5.41) is 0. The number of aryl methyl sites for hydroxylation is 1. The fourth-order valence-corrected chi connectivity index (χ4v) is 2.22. The Kier molecular flexibility index (Phi) is 3.08. The van der Waals surface area contributed by atoms with E-state index in [-0.39, 0.29) is 6.04 Å². The number of nitrogens with two attached hydrogens (primary N) is 1. The summed E-state index contributed by atoms with van der Waals surface area (Å²) >= 11 is 1.65. The van der Waals surface area contributed by atoms with Gasteiger partial charge in [-0.1, -0.05) is 0 Å². The van der Waals surface area contributed by atoms with Crippen LogP contribution in [0.2, 0.25) is 0 Å². The van der Waals surface area contributed by atoms with Crippen LogP contribution in [0.15, 0.2) is 30.2 Å². The van der Waals surface area contributed by atoms with Gasteiger partial charge >= 0.3 is 0 Å². The summed E-state index contributed by atoms with van der Waals surface area (Å²) in [6, 6.07) is 2.02. The Balaban J connectivity index is 2.15. The molecule has 78 valence electrons. The third-order valence-electron chi connectivity index (χ3n) is 2.37. The van der Waals surface area contributed by atoms with Crippen molar-refractivity contribution < 1.29 is 0 Å². The lowest BCUT2D eigenvalue weighted by atomic mass is 10.0. The van der Waals surface area contributed by atoms with E-state index in [0.717, 1.165) is 12.0 Å². The number of thiazole rings is 1. The fraction of sp³-hybridized carbons (Fsp3) is 0.273. The molecule has 2 heterocycles. The van der Waals surface area contributed by atoms with Crippen molar-refractivity contribution in [3.63, 3.8) is 0 Å². The highest BCUT2D eigenvalue weighted by Gasteiger charge is 2.10. The summed E-state index contributed by atoms with van der Waals surface area (Å²) in [6.07, 6.45) is 6.35. The van der Waals surface area contributed by atoms with Crippen molar-refractivity contribution in [2.75, 3.05) is 0 Å². The first kappa shape index (κ1) is 10.3. The highest BCUT2D eigenvalue weighted by molar-refractivity contribution is 7.09. The normalized spacial score (nSPS) is 12.7. The largest absolute Gasteiger partial charge is 0.324 e. The molecule has 4 heteroatoms. The standard InChI is InChI=1S/C11H13N3S/c1-8-5-13-3-2-10(8)11(12)4-9-6-14-7-15-9/h2-3,5-7,11H,4,12H2,1H3. The number of hydrogen-bond donors (Lipinski definition) is 1. The highest BCUT2D eigenvalue weighted by atomic mass is 32.1. The van der Waals surface area contributed by atoms with Crippen LogP contribution in [0, 0.1) is 6.92 Å². The molecule has 1 atom stereocenters. The van der Waals surface area contributed by atoms with Gasteiger partial charge in [-0.3, -0.25) is 9.97 Å². The van der Waals surface area contributed by atoms with Gasteiger partial charge in [0.05, 0.1) is 5.51 Å². The second-order valence-corrected chi connectivity index (χ2v) is 4.48. The number of aromatic nitrogens is 2. The van der Waals surface area contributed by atoms with Crippen LogP contribution in [0.1, 0.15) is 22.0 Å². The third-order valence-corrected chi connectivity index (χ3v) is 3.17. The van der Waals surface area contributed by atoms with Crippen LogP contribution in [-0.2, 0) is 6.42 Å². The smallest absolute Gasteiger partial charge is 0.0794 e. The fourth-order valence-electron chi connectivity index (χ4n) is 1.57. The Labute approximate surface area is 93.0 Å². The average Bonchev–Trinajstić information content (AvgIpc) is 2.71. The number of pyridine rings is 1. The van der Waals surface area contributed by atoms with Crippen molar-refractivity contribution in [3.8, 4) is 0 Å². The van der Waals surface area contributed by atoms with E-state index in [1.165, 1.54) is 10.4 Å². The lowest BCUT2D eigenvalue weighted by molar-refractivity contribution is 0.721. The van der Waals surface area contributed by atoms with Crippen molar-refractivity contribution >= 4 is 11.3 Å². The van der Waals surface area contributed by atoms with E-state index in [1.807, 2.05) is 30.9 Å². The maximum Gasteiger partial charge on any atom is 0.0794 e.